The Kier molecular flexibility index (Phi) is 4.38. The molecule has 0 saturated carbocycles. The number of hydrogen-bond donors (Lipinski definition) is 1. The summed E-state index contributed by atoms with van der Waals surface area (Å²) in [5.41, 5.74) is 2.45. The Morgan fingerprint density at radius 3 is 2.81 bits per heavy atom. The molecule has 4 heterocycles. The summed E-state index contributed by atoms with van der Waals surface area (Å²) in [6.45, 7) is 2.72. The number of halogens is 1. The lowest BCUT2D eigenvalue weighted by atomic mass is 9.89. The Labute approximate surface area is 157 Å². The first-order chi connectivity index (χ1) is 12.3. The molecule has 2 aliphatic rings. The second kappa shape index (κ2) is 6.70. The maximum atomic E-state index is 13.4. The molecule has 0 radical (unpaired) electrons. The van der Waals surface area contributed by atoms with Crippen LogP contribution in [0.4, 0.5) is 0 Å². The van der Waals surface area contributed by atoms with Gasteiger partial charge in [0.25, 0.3) is 5.91 Å². The monoisotopic (exact) mass is 369 g/mol. The fourth-order valence-corrected chi connectivity index (χ4v) is 4.38. The first-order valence-corrected chi connectivity index (χ1v) is 8.68. The molecule has 2 aromatic heterocycles. The van der Waals surface area contributed by atoms with E-state index in [-0.39, 0.29) is 24.4 Å². The lowest BCUT2D eigenvalue weighted by molar-refractivity contribution is 0.0715. The molecular weight excluding hydrogens is 350 g/mol. The SMILES string of the molecule is Cl.O=C(c1cccn2cnnc12)N1C[C@@H]2CNC[C@@H]2[C@@H]1c1ccccc1. The van der Waals surface area contributed by atoms with E-state index in [9.17, 15) is 4.79 Å². The van der Waals surface area contributed by atoms with Crippen molar-refractivity contribution in [1.82, 2.24) is 24.8 Å². The molecule has 1 amide bonds. The van der Waals surface area contributed by atoms with Crippen molar-refractivity contribution in [2.45, 2.75) is 6.04 Å². The zero-order valence-corrected chi connectivity index (χ0v) is 15.0. The van der Waals surface area contributed by atoms with Gasteiger partial charge in [-0.25, -0.2) is 0 Å². The Hall–Kier alpha value is -2.44. The third-order valence-electron chi connectivity index (χ3n) is 5.52. The molecule has 0 unspecified atom stereocenters. The number of aromatic nitrogens is 3. The van der Waals surface area contributed by atoms with Gasteiger partial charge in [0, 0.05) is 31.7 Å². The van der Waals surface area contributed by atoms with Crippen molar-refractivity contribution < 1.29 is 4.79 Å². The Morgan fingerprint density at radius 1 is 1.12 bits per heavy atom. The van der Waals surface area contributed by atoms with Crippen molar-refractivity contribution in [3.05, 3.63) is 66.1 Å². The highest BCUT2D eigenvalue weighted by molar-refractivity contribution is 6.00. The number of nitrogens with zero attached hydrogens (tertiary/aromatic N) is 4. The number of benzene rings is 1. The minimum Gasteiger partial charge on any atom is -0.331 e. The number of amides is 1. The average molecular weight is 370 g/mol. The van der Waals surface area contributed by atoms with Gasteiger partial charge in [0.1, 0.15) is 6.33 Å². The normalized spacial score (nSPS) is 24.5. The first-order valence-electron chi connectivity index (χ1n) is 8.68. The van der Waals surface area contributed by atoms with Gasteiger partial charge >= 0.3 is 0 Å². The van der Waals surface area contributed by atoms with Gasteiger partial charge in [-0.15, -0.1) is 22.6 Å². The van der Waals surface area contributed by atoms with Crippen LogP contribution in [0.3, 0.4) is 0 Å². The molecule has 2 aliphatic heterocycles. The molecule has 3 aromatic rings. The highest BCUT2D eigenvalue weighted by Crippen LogP contribution is 2.43. The van der Waals surface area contributed by atoms with Gasteiger partial charge in [0.15, 0.2) is 5.65 Å². The van der Waals surface area contributed by atoms with E-state index in [0.29, 0.717) is 23.0 Å². The second-order valence-electron chi connectivity index (χ2n) is 6.88. The Balaban J connectivity index is 0.00000168. The predicted octanol–water partition coefficient (Wildman–Crippen LogP) is 2.18. The minimum atomic E-state index is 0. The van der Waals surface area contributed by atoms with Crippen molar-refractivity contribution >= 4 is 24.0 Å². The third-order valence-corrected chi connectivity index (χ3v) is 5.52. The van der Waals surface area contributed by atoms with Crippen molar-refractivity contribution in [2.75, 3.05) is 19.6 Å². The molecule has 2 saturated heterocycles. The largest absolute Gasteiger partial charge is 0.331 e. The van der Waals surface area contributed by atoms with Crippen LogP contribution in [0.2, 0.25) is 0 Å². The van der Waals surface area contributed by atoms with E-state index in [2.05, 4.69) is 27.6 Å². The average Bonchev–Trinajstić information content (AvgIpc) is 3.36. The standard InChI is InChI=1S/C19H19N5O.ClH/c25-19(15-7-4-8-23-12-21-22-18(15)23)24-11-14-9-20-10-16(14)17(24)13-5-2-1-3-6-13;/h1-8,12,14,16-17,20H,9-11H2;1H/t14-,16-,17-;/m0./s1. The molecule has 7 heteroatoms. The summed E-state index contributed by atoms with van der Waals surface area (Å²) in [6, 6.07) is 14.2. The summed E-state index contributed by atoms with van der Waals surface area (Å²) >= 11 is 0. The van der Waals surface area contributed by atoms with Crippen LogP contribution in [0.15, 0.2) is 55.0 Å². The highest BCUT2D eigenvalue weighted by atomic mass is 35.5. The maximum absolute atomic E-state index is 13.4. The summed E-state index contributed by atoms with van der Waals surface area (Å²) in [7, 11) is 0. The predicted molar refractivity (Wildman–Crippen MR) is 100 cm³/mol. The molecule has 5 rings (SSSR count). The maximum Gasteiger partial charge on any atom is 0.258 e. The van der Waals surface area contributed by atoms with Gasteiger partial charge in [0.05, 0.1) is 11.6 Å². The molecule has 0 spiro atoms. The third kappa shape index (κ3) is 2.57. The Bertz CT molecular complexity index is 928. The number of carbonyl (C=O) groups is 1. The van der Waals surface area contributed by atoms with Crippen molar-refractivity contribution in [2.24, 2.45) is 11.8 Å². The van der Waals surface area contributed by atoms with Gasteiger partial charge < -0.3 is 10.2 Å². The van der Waals surface area contributed by atoms with E-state index >= 15 is 0 Å². The van der Waals surface area contributed by atoms with E-state index in [0.717, 1.165) is 19.6 Å². The topological polar surface area (TPSA) is 62.5 Å². The van der Waals surface area contributed by atoms with Crippen LogP contribution in [0.5, 0.6) is 0 Å². The zero-order valence-electron chi connectivity index (χ0n) is 14.2. The van der Waals surface area contributed by atoms with Gasteiger partial charge in [-0.3, -0.25) is 9.20 Å². The summed E-state index contributed by atoms with van der Waals surface area (Å²) in [4.78, 5) is 15.4. The fourth-order valence-electron chi connectivity index (χ4n) is 4.38. The lowest BCUT2D eigenvalue weighted by Crippen LogP contribution is -2.35. The van der Waals surface area contributed by atoms with Crippen LogP contribution in [0.25, 0.3) is 5.65 Å². The van der Waals surface area contributed by atoms with Gasteiger partial charge in [-0.1, -0.05) is 30.3 Å². The molecule has 1 N–H and O–H groups in total. The summed E-state index contributed by atoms with van der Waals surface area (Å²) in [5.74, 6) is 1.01. The van der Waals surface area contributed by atoms with E-state index in [1.54, 1.807) is 10.7 Å². The number of nitrogens with one attached hydrogen (secondary N) is 1. The lowest BCUT2D eigenvalue weighted by Gasteiger charge is -2.28. The van der Waals surface area contributed by atoms with Crippen LogP contribution >= 0.6 is 12.4 Å². The smallest absolute Gasteiger partial charge is 0.258 e. The molecule has 3 atom stereocenters. The number of carbonyl (C=O) groups excluding carboxylic acids is 1. The van der Waals surface area contributed by atoms with Crippen LogP contribution < -0.4 is 5.32 Å². The summed E-state index contributed by atoms with van der Waals surface area (Å²) < 4.78 is 1.79. The Morgan fingerprint density at radius 2 is 1.96 bits per heavy atom. The molecule has 1 aromatic carbocycles. The van der Waals surface area contributed by atoms with Crippen LogP contribution in [0.1, 0.15) is 22.0 Å². The first kappa shape index (κ1) is 17.0. The molecular formula is C19H20ClN5O. The number of fused-ring (bicyclic) bond motifs is 2. The van der Waals surface area contributed by atoms with E-state index in [1.165, 1.54) is 5.56 Å². The molecule has 6 nitrogen and oxygen atoms in total. The molecule has 0 aliphatic carbocycles. The van der Waals surface area contributed by atoms with Crippen LogP contribution in [0, 0.1) is 11.8 Å². The molecule has 26 heavy (non-hydrogen) atoms. The highest BCUT2D eigenvalue weighted by Gasteiger charge is 2.47. The number of rotatable bonds is 2. The molecule has 134 valence electrons. The molecule has 2 fully saturated rings. The van der Waals surface area contributed by atoms with Crippen molar-refractivity contribution in [3.63, 3.8) is 0 Å². The van der Waals surface area contributed by atoms with E-state index in [4.69, 9.17) is 0 Å². The van der Waals surface area contributed by atoms with Crippen LogP contribution in [-0.4, -0.2) is 45.0 Å². The van der Waals surface area contributed by atoms with Crippen LogP contribution in [-0.2, 0) is 0 Å². The van der Waals surface area contributed by atoms with Crippen molar-refractivity contribution in [3.8, 4) is 0 Å². The van der Waals surface area contributed by atoms with Gasteiger partial charge in [0.2, 0.25) is 0 Å². The fraction of sp³-hybridized carbons (Fsp3) is 0.316. The number of hydrogen-bond acceptors (Lipinski definition) is 4. The zero-order chi connectivity index (χ0) is 16.8. The van der Waals surface area contributed by atoms with Gasteiger partial charge in [-0.2, -0.15) is 0 Å². The summed E-state index contributed by atoms with van der Waals surface area (Å²) in [6.07, 6.45) is 3.49. The minimum absolute atomic E-state index is 0. The van der Waals surface area contributed by atoms with Gasteiger partial charge in [-0.05, 0) is 23.6 Å². The molecule has 0 bridgehead atoms. The van der Waals surface area contributed by atoms with Crippen molar-refractivity contribution in [1.29, 1.82) is 0 Å². The van der Waals surface area contributed by atoms with E-state index in [1.807, 2.05) is 41.4 Å². The quantitative estimate of drug-likeness (QED) is 0.752. The number of pyridine rings is 1. The summed E-state index contributed by atoms with van der Waals surface area (Å²) in [5, 5.41) is 11.6. The van der Waals surface area contributed by atoms with E-state index < -0.39 is 0 Å². The number of likely N-dealkylation sites (tertiary alicyclic amines) is 1. The second-order valence-corrected chi connectivity index (χ2v) is 6.88.